The molecule has 2 saturated heterocycles. The molecule has 2 fully saturated rings. The maximum absolute atomic E-state index is 12.5. The maximum Gasteiger partial charge on any atom is 0.239 e. The molecule has 4 nitrogen and oxygen atoms in total. The van der Waals surface area contributed by atoms with E-state index < -0.39 is 0 Å². The molecule has 0 radical (unpaired) electrons. The normalized spacial score (nSPS) is 29.0. The van der Waals surface area contributed by atoms with Gasteiger partial charge in [0.2, 0.25) is 5.91 Å². The van der Waals surface area contributed by atoms with Crippen molar-refractivity contribution in [2.45, 2.75) is 43.9 Å². The summed E-state index contributed by atoms with van der Waals surface area (Å²) in [6.07, 6.45) is 3.25. The van der Waals surface area contributed by atoms with E-state index in [2.05, 4.69) is 17.4 Å². The molecule has 1 amide bonds. The van der Waals surface area contributed by atoms with Crippen LogP contribution in [0.15, 0.2) is 30.3 Å². The van der Waals surface area contributed by atoms with E-state index in [-0.39, 0.29) is 36.5 Å². The van der Waals surface area contributed by atoms with Gasteiger partial charge in [-0.05, 0) is 31.2 Å². The number of hydrogen-bond acceptors (Lipinski definition) is 3. The molecule has 3 atom stereocenters. The van der Waals surface area contributed by atoms with Gasteiger partial charge in [0.1, 0.15) is 0 Å². The Morgan fingerprint density at radius 1 is 1.19 bits per heavy atom. The third kappa shape index (κ3) is 3.76. The molecule has 116 valence electrons. The van der Waals surface area contributed by atoms with Gasteiger partial charge in [0.05, 0.1) is 12.1 Å². The van der Waals surface area contributed by atoms with Crippen LogP contribution in [-0.2, 0) is 4.79 Å². The highest BCUT2D eigenvalue weighted by atomic mass is 35.5. The molecule has 2 aliphatic rings. The topological polar surface area (TPSA) is 52.6 Å². The number of nitrogens with one attached hydrogen (secondary N) is 1. The molecule has 3 rings (SSSR count). The van der Waals surface area contributed by atoms with Crippen molar-refractivity contribution in [1.82, 2.24) is 10.2 Å². The van der Waals surface area contributed by atoms with E-state index in [1.807, 2.05) is 23.1 Å². The first-order valence-corrected chi connectivity index (χ1v) is 7.52. The quantitative estimate of drug-likeness (QED) is 0.877. The first kappa shape index (κ1) is 16.3. The number of benzene rings is 1. The van der Waals surface area contributed by atoms with Crippen LogP contribution in [0.25, 0.3) is 0 Å². The summed E-state index contributed by atoms with van der Waals surface area (Å²) in [7, 11) is 0. The lowest BCUT2D eigenvalue weighted by Crippen LogP contribution is -2.49. The van der Waals surface area contributed by atoms with Crippen LogP contribution in [-0.4, -0.2) is 41.1 Å². The standard InChI is InChI=1S/C16H22N2O2.ClH/c19-13-7-4-10-18(11-13)16(20)15-9-8-14(17-15)12-5-2-1-3-6-12;/h1-3,5-6,13-15,17,19H,4,7-11H2;1H/t13-,14+,15+;/m0./s1. The van der Waals surface area contributed by atoms with Crippen LogP contribution in [0.4, 0.5) is 0 Å². The number of carbonyl (C=O) groups excluding carboxylic acids is 1. The smallest absolute Gasteiger partial charge is 0.239 e. The molecule has 0 spiro atoms. The molecule has 21 heavy (non-hydrogen) atoms. The van der Waals surface area contributed by atoms with E-state index in [4.69, 9.17) is 0 Å². The number of amides is 1. The number of aliphatic hydroxyl groups is 1. The minimum atomic E-state index is -0.348. The van der Waals surface area contributed by atoms with Crippen LogP contribution in [0, 0.1) is 0 Å². The molecular weight excluding hydrogens is 288 g/mol. The van der Waals surface area contributed by atoms with Gasteiger partial charge in [-0.15, -0.1) is 12.4 Å². The van der Waals surface area contributed by atoms with Gasteiger partial charge in [0.25, 0.3) is 0 Å². The summed E-state index contributed by atoms with van der Waals surface area (Å²) in [6, 6.07) is 10.5. The number of carbonyl (C=O) groups is 1. The number of likely N-dealkylation sites (tertiary alicyclic amines) is 1. The SMILES string of the molecule is Cl.O=C([C@H]1CC[C@H](c2ccccc2)N1)N1CCC[C@H](O)C1. The van der Waals surface area contributed by atoms with Crippen molar-refractivity contribution in [2.24, 2.45) is 0 Å². The zero-order valence-corrected chi connectivity index (χ0v) is 12.9. The molecule has 5 heteroatoms. The van der Waals surface area contributed by atoms with Gasteiger partial charge in [-0.3, -0.25) is 10.1 Å². The van der Waals surface area contributed by atoms with E-state index >= 15 is 0 Å². The second-order valence-electron chi connectivity index (χ2n) is 5.84. The fourth-order valence-electron chi connectivity index (χ4n) is 3.26. The van der Waals surface area contributed by atoms with Gasteiger partial charge in [0, 0.05) is 19.1 Å². The highest BCUT2D eigenvalue weighted by molar-refractivity contribution is 5.85. The molecule has 1 aromatic carbocycles. The zero-order chi connectivity index (χ0) is 13.9. The van der Waals surface area contributed by atoms with Crippen molar-refractivity contribution < 1.29 is 9.90 Å². The Labute approximate surface area is 131 Å². The Bertz CT molecular complexity index is 469. The number of piperidine rings is 1. The first-order valence-electron chi connectivity index (χ1n) is 7.52. The average Bonchev–Trinajstić information content (AvgIpc) is 2.97. The third-order valence-electron chi connectivity index (χ3n) is 4.35. The van der Waals surface area contributed by atoms with E-state index in [0.29, 0.717) is 6.54 Å². The molecule has 0 saturated carbocycles. The molecule has 2 aliphatic heterocycles. The number of rotatable bonds is 2. The lowest BCUT2D eigenvalue weighted by molar-refractivity contribution is -0.136. The van der Waals surface area contributed by atoms with Gasteiger partial charge in [0.15, 0.2) is 0 Å². The van der Waals surface area contributed by atoms with Crippen LogP contribution in [0.2, 0.25) is 0 Å². The lowest BCUT2D eigenvalue weighted by atomic mass is 10.1. The Morgan fingerprint density at radius 3 is 2.67 bits per heavy atom. The molecule has 0 bridgehead atoms. The number of hydrogen-bond donors (Lipinski definition) is 2. The summed E-state index contributed by atoms with van der Waals surface area (Å²) in [5.41, 5.74) is 1.25. The van der Waals surface area contributed by atoms with E-state index in [0.717, 1.165) is 32.2 Å². The largest absolute Gasteiger partial charge is 0.391 e. The average molecular weight is 311 g/mol. The highest BCUT2D eigenvalue weighted by Crippen LogP contribution is 2.27. The van der Waals surface area contributed by atoms with Crippen LogP contribution in [0.3, 0.4) is 0 Å². The molecule has 0 aliphatic carbocycles. The Morgan fingerprint density at radius 2 is 1.95 bits per heavy atom. The Balaban J connectivity index is 0.00000161. The number of nitrogens with zero attached hydrogens (tertiary/aromatic N) is 1. The van der Waals surface area contributed by atoms with Crippen molar-refractivity contribution in [3.8, 4) is 0 Å². The van der Waals surface area contributed by atoms with Gasteiger partial charge >= 0.3 is 0 Å². The van der Waals surface area contributed by atoms with Crippen LogP contribution < -0.4 is 5.32 Å². The first-order chi connectivity index (χ1) is 9.74. The molecular formula is C16H23ClN2O2. The molecule has 0 aromatic heterocycles. The van der Waals surface area contributed by atoms with E-state index in [1.165, 1.54) is 5.56 Å². The van der Waals surface area contributed by atoms with Crippen LogP contribution in [0.1, 0.15) is 37.3 Å². The Kier molecular flexibility index (Phi) is 5.62. The number of halogens is 1. The minimum absolute atomic E-state index is 0. The van der Waals surface area contributed by atoms with E-state index in [1.54, 1.807) is 0 Å². The van der Waals surface area contributed by atoms with Gasteiger partial charge in [-0.25, -0.2) is 0 Å². The van der Waals surface area contributed by atoms with Crippen molar-refractivity contribution >= 4 is 18.3 Å². The predicted octanol–water partition coefficient (Wildman–Crippen LogP) is 1.88. The van der Waals surface area contributed by atoms with Crippen molar-refractivity contribution in [2.75, 3.05) is 13.1 Å². The van der Waals surface area contributed by atoms with Gasteiger partial charge in [-0.1, -0.05) is 30.3 Å². The predicted molar refractivity (Wildman–Crippen MR) is 84.4 cm³/mol. The highest BCUT2D eigenvalue weighted by Gasteiger charge is 2.34. The lowest BCUT2D eigenvalue weighted by Gasteiger charge is -2.32. The third-order valence-corrected chi connectivity index (χ3v) is 4.35. The summed E-state index contributed by atoms with van der Waals surface area (Å²) in [5.74, 6) is 0.155. The molecule has 2 heterocycles. The fraction of sp³-hybridized carbons (Fsp3) is 0.562. The molecule has 2 N–H and O–H groups in total. The Hall–Kier alpha value is -1.10. The number of β-amino-alcohol motifs (C(OH)–C–C–N with tert-alkyl or cyclic N) is 1. The summed E-state index contributed by atoms with van der Waals surface area (Å²) in [6.45, 7) is 1.27. The fourth-order valence-corrected chi connectivity index (χ4v) is 3.26. The second kappa shape index (κ2) is 7.25. The maximum atomic E-state index is 12.5. The molecule has 0 unspecified atom stereocenters. The van der Waals surface area contributed by atoms with Crippen molar-refractivity contribution in [3.63, 3.8) is 0 Å². The van der Waals surface area contributed by atoms with E-state index in [9.17, 15) is 9.90 Å². The summed E-state index contributed by atoms with van der Waals surface area (Å²) >= 11 is 0. The molecule has 1 aromatic rings. The van der Waals surface area contributed by atoms with Crippen molar-refractivity contribution in [1.29, 1.82) is 0 Å². The summed E-state index contributed by atoms with van der Waals surface area (Å²) < 4.78 is 0. The van der Waals surface area contributed by atoms with Crippen LogP contribution in [0.5, 0.6) is 0 Å². The summed E-state index contributed by atoms with van der Waals surface area (Å²) in [4.78, 5) is 14.3. The van der Waals surface area contributed by atoms with Gasteiger partial charge in [-0.2, -0.15) is 0 Å². The summed E-state index contributed by atoms with van der Waals surface area (Å²) in [5, 5.41) is 13.1. The van der Waals surface area contributed by atoms with Gasteiger partial charge < -0.3 is 10.0 Å². The van der Waals surface area contributed by atoms with Crippen LogP contribution >= 0.6 is 12.4 Å². The second-order valence-corrected chi connectivity index (χ2v) is 5.84. The minimum Gasteiger partial charge on any atom is -0.391 e. The van der Waals surface area contributed by atoms with Crippen molar-refractivity contribution in [3.05, 3.63) is 35.9 Å². The zero-order valence-electron chi connectivity index (χ0n) is 12.1. The monoisotopic (exact) mass is 310 g/mol. The number of aliphatic hydroxyl groups excluding tert-OH is 1.